The number of hydrogen-bond donors (Lipinski definition) is 1. The first kappa shape index (κ1) is 8.82. The number of terminal acetylenes is 2. The van der Waals surface area contributed by atoms with E-state index in [1.807, 2.05) is 0 Å². The molecule has 0 aromatic carbocycles. The van der Waals surface area contributed by atoms with E-state index in [9.17, 15) is 0 Å². The van der Waals surface area contributed by atoms with E-state index in [4.69, 9.17) is 18.0 Å². The van der Waals surface area contributed by atoms with Gasteiger partial charge in [-0.05, 0) is 12.5 Å². The van der Waals surface area contributed by atoms with Crippen LogP contribution in [0.5, 0.6) is 0 Å². The van der Waals surface area contributed by atoms with Gasteiger partial charge in [-0.2, -0.15) is 0 Å². The van der Waals surface area contributed by atoms with Crippen molar-refractivity contribution in [3.63, 3.8) is 0 Å². The Hall–Kier alpha value is -1.18. The van der Waals surface area contributed by atoms with Crippen molar-refractivity contribution in [2.75, 3.05) is 0 Å². The van der Waals surface area contributed by atoms with E-state index in [0.717, 1.165) is 5.57 Å². The third-order valence-electron chi connectivity index (χ3n) is 1.13. The molecule has 0 amide bonds. The van der Waals surface area contributed by atoms with Gasteiger partial charge in [0.2, 0.25) is 0 Å². The minimum atomic E-state index is -0.784. The zero-order chi connectivity index (χ0) is 7.98. The predicted molar refractivity (Wildman–Crippen MR) is 42.0 cm³/mol. The molecule has 1 atom stereocenters. The van der Waals surface area contributed by atoms with Gasteiger partial charge in [-0.15, -0.1) is 18.8 Å². The normalized spacial score (nSPS) is 13.4. The van der Waals surface area contributed by atoms with Crippen molar-refractivity contribution < 1.29 is 5.11 Å². The molecule has 0 radical (unpaired) electrons. The standard InChI is InChI=1S/C9H10O/c1-4-6-7-8(3)9(10)5-2/h1-2,7,9-10H,6H2,3H3/b8-7+/t9-/m1/s1. The van der Waals surface area contributed by atoms with Crippen LogP contribution >= 0.6 is 0 Å². The molecule has 1 heteroatoms. The van der Waals surface area contributed by atoms with Gasteiger partial charge < -0.3 is 5.11 Å². The van der Waals surface area contributed by atoms with Gasteiger partial charge in [0, 0.05) is 6.42 Å². The molecule has 10 heavy (non-hydrogen) atoms. The summed E-state index contributed by atoms with van der Waals surface area (Å²) in [6, 6.07) is 0. The maximum absolute atomic E-state index is 8.98. The van der Waals surface area contributed by atoms with Gasteiger partial charge >= 0.3 is 0 Å². The van der Waals surface area contributed by atoms with E-state index in [1.54, 1.807) is 13.0 Å². The van der Waals surface area contributed by atoms with Gasteiger partial charge in [-0.1, -0.05) is 12.0 Å². The number of aliphatic hydroxyl groups excluding tert-OH is 1. The molecule has 0 rings (SSSR count). The molecule has 1 nitrogen and oxygen atoms in total. The van der Waals surface area contributed by atoms with Crippen LogP contribution in [-0.4, -0.2) is 11.2 Å². The second-order valence-corrected chi connectivity index (χ2v) is 1.93. The molecule has 52 valence electrons. The molecule has 0 aliphatic rings. The highest BCUT2D eigenvalue weighted by Crippen LogP contribution is 2.00. The molecule has 0 saturated carbocycles. The molecular formula is C9H10O. The maximum atomic E-state index is 8.98. The van der Waals surface area contributed by atoms with Crippen molar-refractivity contribution in [3.05, 3.63) is 11.6 Å². The first-order valence-corrected chi connectivity index (χ1v) is 2.96. The summed E-state index contributed by atoms with van der Waals surface area (Å²) in [6.45, 7) is 1.75. The van der Waals surface area contributed by atoms with Crippen LogP contribution in [0.1, 0.15) is 13.3 Å². The minimum absolute atomic E-state index is 0.518. The third kappa shape index (κ3) is 2.97. The Morgan fingerprint density at radius 3 is 2.70 bits per heavy atom. The molecule has 0 saturated heterocycles. The van der Waals surface area contributed by atoms with Gasteiger partial charge in [-0.25, -0.2) is 0 Å². The largest absolute Gasteiger partial charge is 0.376 e. The van der Waals surface area contributed by atoms with Crippen LogP contribution in [0.3, 0.4) is 0 Å². The van der Waals surface area contributed by atoms with Crippen LogP contribution in [-0.2, 0) is 0 Å². The maximum Gasteiger partial charge on any atom is 0.135 e. The van der Waals surface area contributed by atoms with Crippen LogP contribution in [0, 0.1) is 24.7 Å². The molecule has 0 aliphatic heterocycles. The van der Waals surface area contributed by atoms with Gasteiger partial charge in [0.1, 0.15) is 6.10 Å². The lowest BCUT2D eigenvalue weighted by molar-refractivity contribution is 0.268. The lowest BCUT2D eigenvalue weighted by atomic mass is 10.1. The second-order valence-electron chi connectivity index (χ2n) is 1.93. The highest BCUT2D eigenvalue weighted by molar-refractivity contribution is 5.17. The number of aliphatic hydroxyl groups is 1. The van der Waals surface area contributed by atoms with Crippen LogP contribution in [0.25, 0.3) is 0 Å². The molecule has 0 spiro atoms. The van der Waals surface area contributed by atoms with Gasteiger partial charge in [0.25, 0.3) is 0 Å². The summed E-state index contributed by atoms with van der Waals surface area (Å²) >= 11 is 0. The first-order chi connectivity index (χ1) is 4.72. The van der Waals surface area contributed by atoms with Gasteiger partial charge in [0.15, 0.2) is 0 Å². The fourth-order valence-corrected chi connectivity index (χ4v) is 0.463. The minimum Gasteiger partial charge on any atom is -0.376 e. The van der Waals surface area contributed by atoms with Gasteiger partial charge in [-0.3, -0.25) is 0 Å². The Labute approximate surface area is 61.8 Å². The molecule has 0 bridgehead atoms. The SMILES string of the molecule is C#CC/C=C(\C)[C@H](O)C#C. The summed E-state index contributed by atoms with van der Waals surface area (Å²) in [4.78, 5) is 0. The number of allylic oxidation sites excluding steroid dienone is 1. The monoisotopic (exact) mass is 134 g/mol. The van der Waals surface area contributed by atoms with E-state index in [1.165, 1.54) is 0 Å². The van der Waals surface area contributed by atoms with Crippen molar-refractivity contribution in [2.45, 2.75) is 19.4 Å². The molecule has 0 aliphatic carbocycles. The number of hydrogen-bond acceptors (Lipinski definition) is 1. The van der Waals surface area contributed by atoms with Crippen molar-refractivity contribution >= 4 is 0 Å². The topological polar surface area (TPSA) is 20.2 Å². The average molecular weight is 134 g/mol. The molecule has 0 heterocycles. The van der Waals surface area contributed by atoms with Crippen LogP contribution < -0.4 is 0 Å². The molecule has 1 N–H and O–H groups in total. The Morgan fingerprint density at radius 1 is 1.70 bits per heavy atom. The molecular weight excluding hydrogens is 124 g/mol. The third-order valence-corrected chi connectivity index (χ3v) is 1.13. The molecule has 0 unspecified atom stereocenters. The Morgan fingerprint density at radius 2 is 2.30 bits per heavy atom. The van der Waals surface area contributed by atoms with Crippen molar-refractivity contribution in [2.24, 2.45) is 0 Å². The van der Waals surface area contributed by atoms with Crippen molar-refractivity contribution in [3.8, 4) is 24.7 Å². The lowest BCUT2D eigenvalue weighted by Gasteiger charge is -2.00. The number of rotatable bonds is 2. The highest BCUT2D eigenvalue weighted by atomic mass is 16.3. The summed E-state index contributed by atoms with van der Waals surface area (Å²) in [7, 11) is 0. The van der Waals surface area contributed by atoms with Crippen LogP contribution in [0.4, 0.5) is 0 Å². The van der Waals surface area contributed by atoms with Crippen molar-refractivity contribution in [1.82, 2.24) is 0 Å². The summed E-state index contributed by atoms with van der Waals surface area (Å²) < 4.78 is 0. The predicted octanol–water partition coefficient (Wildman–Crippen LogP) is 0.950. The Kier molecular flexibility index (Phi) is 4.12. The summed E-state index contributed by atoms with van der Waals surface area (Å²) in [5.41, 5.74) is 0.737. The molecule has 0 aromatic rings. The quantitative estimate of drug-likeness (QED) is 0.440. The second kappa shape index (κ2) is 4.68. The van der Waals surface area contributed by atoms with E-state index in [-0.39, 0.29) is 0 Å². The van der Waals surface area contributed by atoms with Crippen LogP contribution in [0.15, 0.2) is 11.6 Å². The van der Waals surface area contributed by atoms with Crippen LogP contribution in [0.2, 0.25) is 0 Å². The van der Waals surface area contributed by atoms with E-state index < -0.39 is 6.10 Å². The average Bonchev–Trinajstić information content (AvgIpc) is 1.98. The van der Waals surface area contributed by atoms with Gasteiger partial charge in [0.05, 0.1) is 0 Å². The molecule has 0 aromatic heterocycles. The lowest BCUT2D eigenvalue weighted by Crippen LogP contribution is -2.03. The van der Waals surface area contributed by atoms with E-state index >= 15 is 0 Å². The summed E-state index contributed by atoms with van der Waals surface area (Å²) in [6.07, 6.45) is 11.4. The van der Waals surface area contributed by atoms with E-state index in [0.29, 0.717) is 6.42 Å². The Bertz CT molecular complexity index is 200. The van der Waals surface area contributed by atoms with E-state index in [2.05, 4.69) is 11.8 Å². The summed E-state index contributed by atoms with van der Waals surface area (Å²) in [5.74, 6) is 4.61. The molecule has 0 fully saturated rings. The summed E-state index contributed by atoms with van der Waals surface area (Å²) in [5, 5.41) is 8.98. The Balaban J connectivity index is 3.98. The first-order valence-electron chi connectivity index (χ1n) is 2.96. The van der Waals surface area contributed by atoms with Crippen molar-refractivity contribution in [1.29, 1.82) is 0 Å². The smallest absolute Gasteiger partial charge is 0.135 e. The fourth-order valence-electron chi connectivity index (χ4n) is 0.463. The highest BCUT2D eigenvalue weighted by Gasteiger charge is 1.98. The fraction of sp³-hybridized carbons (Fsp3) is 0.333. The zero-order valence-electron chi connectivity index (χ0n) is 5.96. The zero-order valence-corrected chi connectivity index (χ0v) is 5.96.